The quantitative estimate of drug-likeness (QED) is 0.354. The molecule has 2 unspecified atom stereocenters. The van der Waals surface area contributed by atoms with Gasteiger partial charge in [-0.25, -0.2) is 0 Å². The zero-order valence-electron chi connectivity index (χ0n) is 19.9. The lowest BCUT2D eigenvalue weighted by atomic mass is 9.94. The van der Waals surface area contributed by atoms with Crippen molar-refractivity contribution in [3.05, 3.63) is 35.5 Å². The minimum atomic E-state index is -1.04. The van der Waals surface area contributed by atoms with E-state index in [1.807, 2.05) is 49.7 Å². The summed E-state index contributed by atoms with van der Waals surface area (Å²) >= 11 is 3.24. The maximum absolute atomic E-state index is 13.5. The number of para-hydroxylation sites is 1. The monoisotopic (exact) mass is 505 g/mol. The smallest absolute Gasteiger partial charge is 0.268 e. The summed E-state index contributed by atoms with van der Waals surface area (Å²) in [5.74, 6) is -0.497. The van der Waals surface area contributed by atoms with Gasteiger partial charge in [0.2, 0.25) is 0 Å². The molecule has 0 fully saturated rings. The summed E-state index contributed by atoms with van der Waals surface area (Å²) in [5.41, 5.74) is 8.37. The van der Waals surface area contributed by atoms with Gasteiger partial charge in [0.25, 0.3) is 5.91 Å². The molecule has 176 valence electrons. The third-order valence-corrected chi connectivity index (χ3v) is 6.60. The second kappa shape index (κ2) is 11.2. The third-order valence-electron chi connectivity index (χ3n) is 5.70. The number of benzene rings is 1. The number of hydrogen-bond acceptors (Lipinski definition) is 4. The fraction of sp³-hybridized carbons (Fsp3) is 0.560. The molecular weight excluding hydrogens is 470 g/mol. The Kier molecular flexibility index (Phi) is 9.22. The summed E-state index contributed by atoms with van der Waals surface area (Å²) in [6.45, 7) is 10.0. The maximum atomic E-state index is 13.5. The minimum absolute atomic E-state index is 0.154. The van der Waals surface area contributed by atoms with Gasteiger partial charge in [-0.05, 0) is 42.7 Å². The van der Waals surface area contributed by atoms with Crippen LogP contribution in [0, 0.1) is 11.8 Å². The van der Waals surface area contributed by atoms with E-state index in [1.54, 1.807) is 6.92 Å². The Hall–Kier alpha value is -1.99. The van der Waals surface area contributed by atoms with Crippen molar-refractivity contribution in [2.24, 2.45) is 24.6 Å². The van der Waals surface area contributed by atoms with E-state index in [1.165, 1.54) is 0 Å². The van der Waals surface area contributed by atoms with E-state index in [-0.39, 0.29) is 23.4 Å². The number of nitrogens with zero attached hydrogens (tertiary/aromatic N) is 1. The van der Waals surface area contributed by atoms with Crippen molar-refractivity contribution >= 4 is 44.3 Å². The van der Waals surface area contributed by atoms with E-state index in [2.05, 4.69) is 35.1 Å². The minimum Gasteiger partial charge on any atom is -0.341 e. The van der Waals surface area contributed by atoms with Gasteiger partial charge in [0.1, 0.15) is 10.5 Å². The molecule has 0 radical (unpaired) electrons. The molecule has 3 atom stereocenters. The van der Waals surface area contributed by atoms with E-state index in [4.69, 9.17) is 5.73 Å². The topological polar surface area (TPSA) is 94.2 Å². The molecule has 6 nitrogen and oxygen atoms in total. The lowest BCUT2D eigenvalue weighted by Gasteiger charge is -2.23. The molecule has 2 aromatic rings. The molecule has 0 aliphatic heterocycles. The number of hydrogen-bond donors (Lipinski definition) is 2. The number of carbonyl (C=O) groups is 3. The molecule has 0 spiro atoms. The number of fused-ring (bicyclic) bond motifs is 1. The van der Waals surface area contributed by atoms with Crippen molar-refractivity contribution in [1.82, 2.24) is 9.88 Å². The summed E-state index contributed by atoms with van der Waals surface area (Å²) in [6, 6.07) is 6.44. The molecule has 32 heavy (non-hydrogen) atoms. The van der Waals surface area contributed by atoms with Crippen LogP contribution in [0.25, 0.3) is 10.9 Å². The van der Waals surface area contributed by atoms with Gasteiger partial charge in [0, 0.05) is 18.0 Å². The van der Waals surface area contributed by atoms with Gasteiger partial charge in [0.05, 0.1) is 12.1 Å². The number of amides is 1. The average molecular weight is 506 g/mol. The van der Waals surface area contributed by atoms with Crippen LogP contribution in [0.3, 0.4) is 0 Å². The molecule has 1 amide bonds. The van der Waals surface area contributed by atoms with E-state index in [0.717, 1.165) is 22.9 Å². The second-order valence-electron chi connectivity index (χ2n) is 9.34. The third kappa shape index (κ3) is 5.87. The molecule has 1 aromatic carbocycles. The van der Waals surface area contributed by atoms with Crippen LogP contribution in [-0.2, 0) is 23.1 Å². The summed E-state index contributed by atoms with van der Waals surface area (Å²) in [4.78, 5) is 38.2. The normalized spacial score (nSPS) is 14.6. The van der Waals surface area contributed by atoms with Crippen molar-refractivity contribution in [3.63, 3.8) is 0 Å². The van der Waals surface area contributed by atoms with Gasteiger partial charge in [-0.1, -0.05) is 68.7 Å². The van der Waals surface area contributed by atoms with Crippen LogP contribution in [-0.4, -0.2) is 39.0 Å². The fourth-order valence-electron chi connectivity index (χ4n) is 4.03. The Morgan fingerprint density at radius 2 is 1.69 bits per heavy atom. The fourth-order valence-corrected chi connectivity index (χ4v) is 4.68. The van der Waals surface area contributed by atoms with Crippen molar-refractivity contribution in [1.29, 1.82) is 0 Å². The number of Topliss-reactive ketones (excluding diaryl/α,β-unsaturated/α-hetero) is 2. The zero-order chi connectivity index (χ0) is 24.2. The molecule has 2 rings (SSSR count). The molecule has 1 aromatic heterocycles. The molecule has 0 aliphatic carbocycles. The van der Waals surface area contributed by atoms with Crippen LogP contribution in [0.4, 0.5) is 0 Å². The van der Waals surface area contributed by atoms with Crippen LogP contribution < -0.4 is 11.1 Å². The Labute approximate surface area is 199 Å². The Morgan fingerprint density at radius 1 is 1.06 bits per heavy atom. The van der Waals surface area contributed by atoms with E-state index in [9.17, 15) is 14.4 Å². The summed E-state index contributed by atoms with van der Waals surface area (Å²) in [5, 5.41) is 3.98. The Bertz CT molecular complexity index is 980. The molecular formula is C25H36BrN3O3. The highest BCUT2D eigenvalue weighted by Gasteiger charge is 2.34. The number of carbonyl (C=O) groups excluding carboxylic acids is 3. The molecule has 0 saturated heterocycles. The number of aromatic nitrogens is 1. The number of ketones is 2. The van der Waals surface area contributed by atoms with Gasteiger partial charge >= 0.3 is 0 Å². The number of aryl methyl sites for hydroxylation is 1. The maximum Gasteiger partial charge on any atom is 0.268 e. The highest BCUT2D eigenvalue weighted by atomic mass is 79.9. The number of halogens is 1. The standard InChI is InChI=1S/C25H36BrN3O3/c1-7-18(27)23(30)21(26)24(31)19(13-15(4)5)28-25(32)22-17(12-14(2)3)16-10-8-9-11-20(16)29(22)6/h8-11,14-15,18-19,21H,7,12-13,27H2,1-6H3,(H,28,32)/t18?,19-,21?/m0/s1. The zero-order valence-corrected chi connectivity index (χ0v) is 21.5. The van der Waals surface area contributed by atoms with E-state index < -0.39 is 16.9 Å². The van der Waals surface area contributed by atoms with Gasteiger partial charge in [-0.2, -0.15) is 0 Å². The van der Waals surface area contributed by atoms with Crippen LogP contribution >= 0.6 is 15.9 Å². The van der Waals surface area contributed by atoms with Gasteiger partial charge in [-0.15, -0.1) is 0 Å². The first kappa shape index (κ1) is 26.3. The summed E-state index contributed by atoms with van der Waals surface area (Å²) in [6.07, 6.45) is 1.63. The SMILES string of the molecule is CCC(N)C(=O)C(Br)C(=O)[C@H](CC(C)C)NC(=O)c1c(CC(C)C)c2ccccc2n1C. The van der Waals surface area contributed by atoms with Crippen molar-refractivity contribution < 1.29 is 14.4 Å². The molecule has 0 aliphatic rings. The van der Waals surface area contributed by atoms with E-state index in [0.29, 0.717) is 24.5 Å². The van der Waals surface area contributed by atoms with Crippen LogP contribution in [0.2, 0.25) is 0 Å². The highest BCUT2D eigenvalue weighted by Crippen LogP contribution is 2.28. The molecule has 1 heterocycles. The average Bonchev–Trinajstić information content (AvgIpc) is 3.02. The van der Waals surface area contributed by atoms with Crippen molar-refractivity contribution in [2.75, 3.05) is 0 Å². The molecule has 7 heteroatoms. The first-order valence-corrected chi connectivity index (χ1v) is 12.2. The predicted molar refractivity (Wildman–Crippen MR) is 133 cm³/mol. The number of alkyl halides is 1. The lowest BCUT2D eigenvalue weighted by molar-refractivity contribution is -0.128. The summed E-state index contributed by atoms with van der Waals surface area (Å²) in [7, 11) is 1.87. The molecule has 3 N–H and O–H groups in total. The largest absolute Gasteiger partial charge is 0.341 e. The number of nitrogens with one attached hydrogen (secondary N) is 1. The van der Waals surface area contributed by atoms with Gasteiger partial charge < -0.3 is 15.6 Å². The second-order valence-corrected chi connectivity index (χ2v) is 10.3. The van der Waals surface area contributed by atoms with Crippen molar-refractivity contribution in [3.8, 4) is 0 Å². The number of rotatable bonds is 11. The lowest BCUT2D eigenvalue weighted by Crippen LogP contribution is -2.49. The highest BCUT2D eigenvalue weighted by molar-refractivity contribution is 9.10. The number of nitrogens with two attached hydrogens (primary N) is 1. The van der Waals surface area contributed by atoms with Crippen LogP contribution in [0.15, 0.2) is 24.3 Å². The molecule has 0 saturated carbocycles. The van der Waals surface area contributed by atoms with Gasteiger partial charge in [0.15, 0.2) is 11.6 Å². The first-order chi connectivity index (χ1) is 15.0. The van der Waals surface area contributed by atoms with E-state index >= 15 is 0 Å². The Morgan fingerprint density at radius 3 is 2.25 bits per heavy atom. The van der Waals surface area contributed by atoms with Crippen LogP contribution in [0.5, 0.6) is 0 Å². The predicted octanol–water partition coefficient (Wildman–Crippen LogP) is 4.16. The van der Waals surface area contributed by atoms with Crippen LogP contribution in [0.1, 0.15) is 63.5 Å². The molecule has 0 bridgehead atoms. The Balaban J connectivity index is 2.42. The first-order valence-electron chi connectivity index (χ1n) is 11.3. The van der Waals surface area contributed by atoms with Crippen molar-refractivity contribution in [2.45, 2.75) is 70.8 Å². The summed E-state index contributed by atoms with van der Waals surface area (Å²) < 4.78 is 1.89. The van der Waals surface area contributed by atoms with Gasteiger partial charge in [-0.3, -0.25) is 14.4 Å².